The predicted octanol–water partition coefficient (Wildman–Crippen LogP) is 3.93. The van der Waals surface area contributed by atoms with Crippen LogP contribution in [0.2, 0.25) is 0 Å². The van der Waals surface area contributed by atoms with Gasteiger partial charge in [0.2, 0.25) is 0 Å². The zero-order valence-corrected chi connectivity index (χ0v) is 11.6. The number of benzene rings is 1. The average Bonchev–Trinajstić information content (AvgIpc) is 2.82. The van der Waals surface area contributed by atoms with E-state index in [0.717, 1.165) is 31.2 Å². The van der Waals surface area contributed by atoms with Gasteiger partial charge in [-0.05, 0) is 43.0 Å². The molecular formula is C16H25NO. The molecule has 2 atom stereocenters. The molecule has 2 heteroatoms. The van der Waals surface area contributed by atoms with Gasteiger partial charge < -0.3 is 10.1 Å². The average molecular weight is 247 g/mol. The van der Waals surface area contributed by atoms with Crippen molar-refractivity contribution in [2.24, 2.45) is 5.92 Å². The number of unbranched alkanes of at least 4 members (excludes halogenated alkanes) is 2. The molecule has 1 aromatic rings. The Morgan fingerprint density at radius 3 is 2.61 bits per heavy atom. The van der Waals surface area contributed by atoms with Gasteiger partial charge in [0.15, 0.2) is 0 Å². The molecule has 0 spiro atoms. The quantitative estimate of drug-likeness (QED) is 0.769. The summed E-state index contributed by atoms with van der Waals surface area (Å²) >= 11 is 0. The molecule has 1 fully saturated rings. The van der Waals surface area contributed by atoms with E-state index < -0.39 is 0 Å². The molecule has 0 amide bonds. The molecule has 1 N–H and O–H groups in total. The van der Waals surface area contributed by atoms with Crippen molar-refractivity contribution in [1.82, 2.24) is 5.32 Å². The van der Waals surface area contributed by atoms with Gasteiger partial charge in [-0.3, -0.25) is 0 Å². The Kier molecular flexibility index (Phi) is 5.06. The summed E-state index contributed by atoms with van der Waals surface area (Å²) in [6.07, 6.45) is 4.90. The van der Waals surface area contributed by atoms with Gasteiger partial charge >= 0.3 is 0 Å². The summed E-state index contributed by atoms with van der Waals surface area (Å²) in [5.41, 5.74) is 1.39. The molecule has 1 aromatic carbocycles. The first-order valence-corrected chi connectivity index (χ1v) is 7.25. The van der Waals surface area contributed by atoms with Crippen molar-refractivity contribution < 1.29 is 4.74 Å². The summed E-state index contributed by atoms with van der Waals surface area (Å²) in [5.74, 6) is 1.79. The molecule has 2 rings (SSSR count). The number of hydrogen-bond donors (Lipinski definition) is 1. The van der Waals surface area contributed by atoms with Crippen LogP contribution >= 0.6 is 0 Å². The van der Waals surface area contributed by atoms with Crippen molar-refractivity contribution in [1.29, 1.82) is 0 Å². The third-order valence-electron chi connectivity index (χ3n) is 3.65. The Morgan fingerprint density at radius 1 is 1.22 bits per heavy atom. The van der Waals surface area contributed by atoms with Gasteiger partial charge in [-0.15, -0.1) is 0 Å². The number of ether oxygens (including phenoxy) is 1. The lowest BCUT2D eigenvalue weighted by Gasteiger charge is -2.12. The van der Waals surface area contributed by atoms with Crippen LogP contribution in [0.4, 0.5) is 0 Å². The molecule has 100 valence electrons. The van der Waals surface area contributed by atoms with E-state index in [4.69, 9.17) is 4.74 Å². The van der Waals surface area contributed by atoms with Crippen LogP contribution in [-0.4, -0.2) is 13.2 Å². The fraction of sp³-hybridized carbons (Fsp3) is 0.625. The first kappa shape index (κ1) is 13.4. The maximum Gasteiger partial charge on any atom is 0.119 e. The van der Waals surface area contributed by atoms with Crippen LogP contribution in [0.25, 0.3) is 0 Å². The van der Waals surface area contributed by atoms with Crippen LogP contribution in [0.15, 0.2) is 24.3 Å². The highest BCUT2D eigenvalue weighted by molar-refractivity contribution is 5.29. The van der Waals surface area contributed by atoms with Crippen molar-refractivity contribution in [3.63, 3.8) is 0 Å². The van der Waals surface area contributed by atoms with Gasteiger partial charge in [0, 0.05) is 6.04 Å². The highest BCUT2D eigenvalue weighted by atomic mass is 16.5. The largest absolute Gasteiger partial charge is 0.494 e. The molecule has 1 aliphatic rings. The number of hydrogen-bond acceptors (Lipinski definition) is 2. The van der Waals surface area contributed by atoms with Crippen molar-refractivity contribution in [2.45, 2.75) is 45.6 Å². The highest BCUT2D eigenvalue weighted by Crippen LogP contribution is 2.27. The maximum atomic E-state index is 5.73. The summed E-state index contributed by atoms with van der Waals surface area (Å²) in [5, 5.41) is 3.56. The van der Waals surface area contributed by atoms with Gasteiger partial charge in [-0.25, -0.2) is 0 Å². The monoisotopic (exact) mass is 247 g/mol. The summed E-state index contributed by atoms with van der Waals surface area (Å²) in [6.45, 7) is 6.49. The Balaban J connectivity index is 1.82. The van der Waals surface area contributed by atoms with E-state index in [-0.39, 0.29) is 0 Å². The third-order valence-corrected chi connectivity index (χ3v) is 3.65. The topological polar surface area (TPSA) is 21.3 Å². The zero-order chi connectivity index (χ0) is 12.8. The van der Waals surface area contributed by atoms with Crippen molar-refractivity contribution in [2.75, 3.05) is 13.2 Å². The second kappa shape index (κ2) is 6.79. The third kappa shape index (κ3) is 3.74. The molecular weight excluding hydrogens is 222 g/mol. The van der Waals surface area contributed by atoms with E-state index in [1.165, 1.54) is 24.8 Å². The van der Waals surface area contributed by atoms with Crippen molar-refractivity contribution in [3.05, 3.63) is 29.8 Å². The van der Waals surface area contributed by atoms with Crippen molar-refractivity contribution >= 4 is 0 Å². The molecule has 2 nitrogen and oxygen atoms in total. The van der Waals surface area contributed by atoms with Gasteiger partial charge in [-0.1, -0.05) is 38.8 Å². The SMILES string of the molecule is CCCCCOc1ccc(C2CC(C)CN2)cc1. The second-order valence-corrected chi connectivity index (χ2v) is 5.43. The molecule has 0 radical (unpaired) electrons. The van der Waals surface area contributed by atoms with Gasteiger partial charge in [0.05, 0.1) is 6.61 Å². The Labute approximate surface area is 111 Å². The Morgan fingerprint density at radius 2 is 2.00 bits per heavy atom. The smallest absolute Gasteiger partial charge is 0.119 e. The number of rotatable bonds is 6. The Bertz CT molecular complexity index is 347. The van der Waals surface area contributed by atoms with Crippen LogP contribution < -0.4 is 10.1 Å². The van der Waals surface area contributed by atoms with Crippen LogP contribution in [0.3, 0.4) is 0 Å². The molecule has 1 saturated heterocycles. The summed E-state index contributed by atoms with van der Waals surface area (Å²) in [4.78, 5) is 0. The number of nitrogens with one attached hydrogen (secondary N) is 1. The second-order valence-electron chi connectivity index (χ2n) is 5.43. The maximum absolute atomic E-state index is 5.73. The molecule has 18 heavy (non-hydrogen) atoms. The van der Waals surface area contributed by atoms with Crippen molar-refractivity contribution in [3.8, 4) is 5.75 Å². The minimum absolute atomic E-state index is 0.536. The fourth-order valence-electron chi connectivity index (χ4n) is 2.50. The van der Waals surface area contributed by atoms with Gasteiger partial charge in [-0.2, -0.15) is 0 Å². The minimum Gasteiger partial charge on any atom is -0.494 e. The van der Waals surface area contributed by atoms with Crippen LogP contribution in [0.5, 0.6) is 5.75 Å². The summed E-state index contributed by atoms with van der Waals surface area (Å²) < 4.78 is 5.73. The molecule has 1 aliphatic heterocycles. The molecule has 1 heterocycles. The molecule has 0 aliphatic carbocycles. The van der Waals surface area contributed by atoms with E-state index >= 15 is 0 Å². The van der Waals surface area contributed by atoms with E-state index in [1.807, 2.05) is 0 Å². The lowest BCUT2D eigenvalue weighted by molar-refractivity contribution is 0.306. The molecule has 0 aromatic heterocycles. The molecule has 2 unspecified atom stereocenters. The van der Waals surface area contributed by atoms with Crippen LogP contribution in [-0.2, 0) is 0 Å². The lowest BCUT2D eigenvalue weighted by atomic mass is 10.0. The fourth-order valence-corrected chi connectivity index (χ4v) is 2.50. The first-order valence-electron chi connectivity index (χ1n) is 7.25. The standard InChI is InChI=1S/C16H25NO/c1-3-4-5-10-18-15-8-6-14(7-9-15)16-11-13(2)12-17-16/h6-9,13,16-17H,3-5,10-12H2,1-2H3. The Hall–Kier alpha value is -1.02. The van der Waals surface area contributed by atoms with Crippen LogP contribution in [0.1, 0.15) is 51.1 Å². The summed E-state index contributed by atoms with van der Waals surface area (Å²) in [6, 6.07) is 9.14. The van der Waals surface area contributed by atoms with E-state index in [2.05, 4.69) is 43.4 Å². The van der Waals surface area contributed by atoms with E-state index in [1.54, 1.807) is 0 Å². The highest BCUT2D eigenvalue weighted by Gasteiger charge is 2.21. The first-order chi connectivity index (χ1) is 8.79. The van der Waals surface area contributed by atoms with Gasteiger partial charge in [0.1, 0.15) is 5.75 Å². The van der Waals surface area contributed by atoms with Crippen LogP contribution in [0, 0.1) is 5.92 Å². The predicted molar refractivity (Wildman–Crippen MR) is 76.0 cm³/mol. The van der Waals surface area contributed by atoms with Gasteiger partial charge in [0.25, 0.3) is 0 Å². The summed E-state index contributed by atoms with van der Waals surface area (Å²) in [7, 11) is 0. The minimum atomic E-state index is 0.536. The molecule has 0 bridgehead atoms. The normalized spacial score (nSPS) is 23.2. The lowest BCUT2D eigenvalue weighted by Crippen LogP contribution is -2.13. The van der Waals surface area contributed by atoms with E-state index in [9.17, 15) is 0 Å². The molecule has 0 saturated carbocycles. The van der Waals surface area contributed by atoms with E-state index in [0.29, 0.717) is 6.04 Å². The zero-order valence-electron chi connectivity index (χ0n) is 11.6.